The van der Waals surface area contributed by atoms with Gasteiger partial charge < -0.3 is 9.72 Å². The van der Waals surface area contributed by atoms with Crippen LogP contribution in [0.25, 0.3) is 16.9 Å². The fraction of sp³-hybridized carbons (Fsp3) is 0.176. The maximum atomic E-state index is 12.0. The molecule has 6 heteroatoms. The number of alkyl halides is 2. The predicted molar refractivity (Wildman–Crippen MR) is 91.8 cm³/mol. The average Bonchev–Trinajstić information content (AvgIpc) is 2.99. The molecule has 0 radical (unpaired) electrons. The van der Waals surface area contributed by atoms with E-state index in [0.717, 1.165) is 22.6 Å². The lowest BCUT2D eigenvalue weighted by molar-refractivity contribution is -0.117. The number of aromatic nitrogens is 2. The van der Waals surface area contributed by atoms with Crippen molar-refractivity contribution in [1.29, 1.82) is 0 Å². The van der Waals surface area contributed by atoms with Gasteiger partial charge in [0.25, 0.3) is 0 Å². The molecular formula is C17H13Cl2N3O. The normalized spacial score (nSPS) is 18.8. The Bertz CT molecular complexity index is 853. The molecule has 116 valence electrons. The highest BCUT2D eigenvalue weighted by Crippen LogP contribution is 2.53. The zero-order chi connectivity index (χ0) is 16.0. The van der Waals surface area contributed by atoms with Crippen molar-refractivity contribution < 1.29 is 4.79 Å². The van der Waals surface area contributed by atoms with Crippen LogP contribution in [0, 0.1) is 5.92 Å². The summed E-state index contributed by atoms with van der Waals surface area (Å²) in [4.78, 5) is 16.5. The number of pyridine rings is 1. The average molecular weight is 346 g/mol. The molecule has 4 rings (SSSR count). The molecule has 1 atom stereocenters. The number of halogens is 2. The van der Waals surface area contributed by atoms with Crippen LogP contribution in [0.3, 0.4) is 0 Å². The van der Waals surface area contributed by atoms with Gasteiger partial charge in [0, 0.05) is 23.6 Å². The number of amides is 1. The minimum atomic E-state index is -0.902. The number of anilines is 1. The van der Waals surface area contributed by atoms with Crippen molar-refractivity contribution in [2.24, 2.45) is 5.92 Å². The maximum Gasteiger partial charge on any atom is 0.230 e. The topological polar surface area (TPSA) is 46.4 Å². The summed E-state index contributed by atoms with van der Waals surface area (Å²) >= 11 is 11.8. The van der Waals surface area contributed by atoms with Gasteiger partial charge in [-0.2, -0.15) is 0 Å². The lowest BCUT2D eigenvalue weighted by Gasteiger charge is -2.05. The molecule has 1 unspecified atom stereocenters. The monoisotopic (exact) mass is 345 g/mol. The van der Waals surface area contributed by atoms with Crippen LogP contribution in [0.4, 0.5) is 5.69 Å². The number of rotatable bonds is 3. The second kappa shape index (κ2) is 5.25. The third kappa shape index (κ3) is 2.80. The Labute approximate surface area is 143 Å². The molecule has 0 bridgehead atoms. The summed E-state index contributed by atoms with van der Waals surface area (Å²) in [6.45, 7) is 0. The molecule has 3 aromatic rings. The first-order chi connectivity index (χ1) is 11.0. The fourth-order valence-electron chi connectivity index (χ4n) is 2.53. The van der Waals surface area contributed by atoms with Gasteiger partial charge in [0.2, 0.25) is 5.91 Å². The van der Waals surface area contributed by atoms with Crippen molar-refractivity contribution in [1.82, 2.24) is 9.38 Å². The van der Waals surface area contributed by atoms with E-state index in [9.17, 15) is 4.79 Å². The van der Waals surface area contributed by atoms with Gasteiger partial charge in [-0.05, 0) is 30.7 Å². The van der Waals surface area contributed by atoms with E-state index >= 15 is 0 Å². The second-order valence-electron chi connectivity index (χ2n) is 5.68. The van der Waals surface area contributed by atoms with Crippen LogP contribution in [0.15, 0.2) is 54.9 Å². The number of nitrogens with zero attached hydrogens (tertiary/aromatic N) is 2. The van der Waals surface area contributed by atoms with Crippen LogP contribution in [0.1, 0.15) is 6.42 Å². The molecule has 1 fully saturated rings. The standard InChI is InChI=1S/C17H13Cl2N3O/c18-17(19)9-13(17)16(23)20-12-6-4-11(5-7-12)14-10-22-8-2-1-3-15(22)21-14/h1-8,10,13H,9H2,(H,20,23). The molecule has 2 aromatic heterocycles. The van der Waals surface area contributed by atoms with E-state index in [1.54, 1.807) is 0 Å². The molecule has 0 spiro atoms. The summed E-state index contributed by atoms with van der Waals surface area (Å²) in [7, 11) is 0. The quantitative estimate of drug-likeness (QED) is 0.725. The SMILES string of the molecule is O=C(Nc1ccc(-c2cn3ccccc3n2)cc1)C1CC1(Cl)Cl. The molecule has 1 aliphatic carbocycles. The number of imidazole rings is 1. The van der Waals surface area contributed by atoms with Crippen LogP contribution in [-0.4, -0.2) is 19.6 Å². The van der Waals surface area contributed by atoms with Crippen LogP contribution >= 0.6 is 23.2 Å². The molecule has 1 aromatic carbocycles. The summed E-state index contributed by atoms with van der Waals surface area (Å²) in [5.41, 5.74) is 3.49. The van der Waals surface area contributed by atoms with E-state index in [-0.39, 0.29) is 11.8 Å². The van der Waals surface area contributed by atoms with Gasteiger partial charge in [-0.15, -0.1) is 23.2 Å². The molecule has 0 saturated heterocycles. The van der Waals surface area contributed by atoms with E-state index in [0.29, 0.717) is 6.42 Å². The smallest absolute Gasteiger partial charge is 0.230 e. The zero-order valence-electron chi connectivity index (χ0n) is 12.0. The van der Waals surface area contributed by atoms with Crippen LogP contribution < -0.4 is 5.32 Å². The Morgan fingerprint density at radius 2 is 1.96 bits per heavy atom. The third-order valence-corrected chi connectivity index (χ3v) is 4.79. The molecule has 1 amide bonds. The minimum Gasteiger partial charge on any atom is -0.326 e. The largest absolute Gasteiger partial charge is 0.326 e. The van der Waals surface area contributed by atoms with Crippen LogP contribution in [0.5, 0.6) is 0 Å². The molecule has 0 aliphatic heterocycles. The van der Waals surface area contributed by atoms with E-state index < -0.39 is 4.33 Å². The van der Waals surface area contributed by atoms with Gasteiger partial charge in [-0.1, -0.05) is 18.2 Å². The summed E-state index contributed by atoms with van der Waals surface area (Å²) in [6, 6.07) is 13.4. The third-order valence-electron chi connectivity index (χ3n) is 3.95. The lowest BCUT2D eigenvalue weighted by atomic mass is 10.1. The molecule has 4 nitrogen and oxygen atoms in total. The highest BCUT2D eigenvalue weighted by molar-refractivity contribution is 6.52. The first-order valence-electron chi connectivity index (χ1n) is 7.26. The number of fused-ring (bicyclic) bond motifs is 1. The lowest BCUT2D eigenvalue weighted by Crippen LogP contribution is -2.16. The van der Waals surface area contributed by atoms with Gasteiger partial charge in [-0.3, -0.25) is 4.79 Å². The maximum absolute atomic E-state index is 12.0. The summed E-state index contributed by atoms with van der Waals surface area (Å²) < 4.78 is 1.07. The van der Waals surface area contributed by atoms with Gasteiger partial charge in [-0.25, -0.2) is 4.98 Å². The summed E-state index contributed by atoms with van der Waals surface area (Å²) in [6.07, 6.45) is 4.43. The van der Waals surface area contributed by atoms with Gasteiger partial charge in [0.05, 0.1) is 11.6 Å². The number of nitrogens with one attached hydrogen (secondary N) is 1. The van der Waals surface area contributed by atoms with E-state index in [2.05, 4.69) is 10.3 Å². The Morgan fingerprint density at radius 1 is 1.22 bits per heavy atom. The molecular weight excluding hydrogens is 333 g/mol. The van der Waals surface area contributed by atoms with Crippen molar-refractivity contribution >= 4 is 40.4 Å². The Kier molecular flexibility index (Phi) is 3.32. The molecule has 2 heterocycles. The van der Waals surface area contributed by atoms with Crippen molar-refractivity contribution in [3.05, 3.63) is 54.9 Å². The van der Waals surface area contributed by atoms with E-state index in [4.69, 9.17) is 23.2 Å². The number of hydrogen-bond donors (Lipinski definition) is 1. The predicted octanol–water partition coefficient (Wildman–Crippen LogP) is 4.13. The van der Waals surface area contributed by atoms with Gasteiger partial charge >= 0.3 is 0 Å². The van der Waals surface area contributed by atoms with E-state index in [1.165, 1.54) is 0 Å². The highest BCUT2D eigenvalue weighted by atomic mass is 35.5. The van der Waals surface area contributed by atoms with Crippen LogP contribution in [-0.2, 0) is 4.79 Å². The molecule has 1 saturated carbocycles. The molecule has 23 heavy (non-hydrogen) atoms. The first-order valence-corrected chi connectivity index (χ1v) is 8.01. The van der Waals surface area contributed by atoms with Crippen molar-refractivity contribution in [3.8, 4) is 11.3 Å². The van der Waals surface area contributed by atoms with Gasteiger partial charge in [0.15, 0.2) is 0 Å². The summed E-state index contributed by atoms with van der Waals surface area (Å²) in [5.74, 6) is -0.473. The van der Waals surface area contributed by atoms with Crippen LogP contribution in [0.2, 0.25) is 0 Å². The summed E-state index contributed by atoms with van der Waals surface area (Å²) in [5, 5.41) is 2.83. The minimum absolute atomic E-state index is 0.143. The van der Waals surface area contributed by atoms with Crippen molar-refractivity contribution in [2.75, 3.05) is 5.32 Å². The molecule has 1 N–H and O–H groups in total. The van der Waals surface area contributed by atoms with E-state index in [1.807, 2.05) is 59.3 Å². The first kappa shape index (κ1) is 14.5. The molecule has 1 aliphatic rings. The van der Waals surface area contributed by atoms with Crippen molar-refractivity contribution in [3.63, 3.8) is 0 Å². The Hall–Kier alpha value is -2.04. The zero-order valence-corrected chi connectivity index (χ0v) is 13.6. The number of benzene rings is 1. The fourth-order valence-corrected chi connectivity index (χ4v) is 3.03. The second-order valence-corrected chi connectivity index (χ2v) is 7.22. The number of hydrogen-bond acceptors (Lipinski definition) is 2. The van der Waals surface area contributed by atoms with Crippen molar-refractivity contribution in [2.45, 2.75) is 10.8 Å². The highest BCUT2D eigenvalue weighted by Gasteiger charge is 2.56. The number of carbonyl (C=O) groups excluding carboxylic acids is 1. The Morgan fingerprint density at radius 3 is 2.61 bits per heavy atom. The number of carbonyl (C=O) groups is 1. The Balaban J connectivity index is 1.52. The van der Waals surface area contributed by atoms with Gasteiger partial charge in [0.1, 0.15) is 9.98 Å².